The summed E-state index contributed by atoms with van der Waals surface area (Å²) in [5, 5.41) is 1.18. The molecule has 0 bridgehead atoms. The number of thioether (sulfide) groups is 1. The van der Waals surface area contributed by atoms with Gasteiger partial charge in [0.25, 0.3) is 0 Å². The van der Waals surface area contributed by atoms with Gasteiger partial charge < -0.3 is 4.90 Å². The zero-order chi connectivity index (χ0) is 8.97. The van der Waals surface area contributed by atoms with Crippen LogP contribution in [0.25, 0.3) is 0 Å². The smallest absolute Gasteiger partial charge is 0.161 e. The van der Waals surface area contributed by atoms with Crippen LogP contribution in [0.3, 0.4) is 0 Å². The quantitative estimate of drug-likeness (QED) is 0.649. The van der Waals surface area contributed by atoms with Gasteiger partial charge in [0.2, 0.25) is 0 Å². The normalized spacial score (nSPS) is 19.6. The second-order valence-corrected chi connectivity index (χ2v) is 3.54. The first-order valence-electron chi connectivity index (χ1n) is 4.37. The molecular formula is C8H17N3S. The lowest BCUT2D eigenvalue weighted by molar-refractivity contribution is 0.188. The Labute approximate surface area is 78.8 Å². The molecule has 0 radical (unpaired) electrons. The molecule has 0 aliphatic carbocycles. The maximum absolute atomic E-state index is 4.48. The molecule has 0 N–H and O–H groups in total. The van der Waals surface area contributed by atoms with Crippen LogP contribution in [0.2, 0.25) is 0 Å². The molecule has 0 aromatic heterocycles. The fourth-order valence-corrected chi connectivity index (χ4v) is 1.87. The first kappa shape index (κ1) is 9.86. The van der Waals surface area contributed by atoms with E-state index in [0.717, 1.165) is 26.4 Å². The molecule has 4 heteroatoms. The summed E-state index contributed by atoms with van der Waals surface area (Å²) in [6, 6.07) is 0. The minimum Gasteiger partial charge on any atom is -0.339 e. The molecule has 1 aliphatic heterocycles. The van der Waals surface area contributed by atoms with Gasteiger partial charge in [-0.1, -0.05) is 18.7 Å². The van der Waals surface area contributed by atoms with Crippen LogP contribution in [-0.4, -0.2) is 47.7 Å². The Kier molecular flexibility index (Phi) is 3.88. The van der Waals surface area contributed by atoms with E-state index in [1.54, 1.807) is 11.8 Å². The summed E-state index contributed by atoms with van der Waals surface area (Å²) in [4.78, 5) is 9.11. The van der Waals surface area contributed by atoms with Crippen molar-refractivity contribution in [2.75, 3.05) is 32.7 Å². The van der Waals surface area contributed by atoms with Crippen molar-refractivity contribution >= 4 is 16.9 Å². The second-order valence-electron chi connectivity index (χ2n) is 2.77. The van der Waals surface area contributed by atoms with Crippen LogP contribution in [0.4, 0.5) is 0 Å². The molecule has 0 fully saturated rings. The Balaban J connectivity index is 2.58. The van der Waals surface area contributed by atoms with Crippen molar-refractivity contribution in [1.29, 1.82) is 0 Å². The fourth-order valence-electron chi connectivity index (χ4n) is 1.24. The van der Waals surface area contributed by atoms with E-state index >= 15 is 0 Å². The van der Waals surface area contributed by atoms with E-state index in [9.17, 15) is 0 Å². The monoisotopic (exact) mass is 187 g/mol. The van der Waals surface area contributed by atoms with E-state index in [1.807, 2.05) is 0 Å². The standard InChI is InChI=1S/C8H17N3S/c1-4-10-6-9-8(12-3)11(5-2)7-10/h4-7H2,1-3H3. The maximum Gasteiger partial charge on any atom is 0.161 e. The Hall–Kier alpha value is -0.220. The highest BCUT2D eigenvalue weighted by Crippen LogP contribution is 2.11. The second kappa shape index (κ2) is 4.72. The zero-order valence-corrected chi connectivity index (χ0v) is 8.89. The highest BCUT2D eigenvalue weighted by molar-refractivity contribution is 8.13. The SMILES string of the molecule is CCN1CN=C(SC)N(CC)C1. The lowest BCUT2D eigenvalue weighted by atomic mass is 10.5. The number of aliphatic imine (C=N–C) groups is 1. The number of hydrogen-bond acceptors (Lipinski definition) is 4. The van der Waals surface area contributed by atoms with Gasteiger partial charge in [-0.15, -0.1) is 0 Å². The van der Waals surface area contributed by atoms with Gasteiger partial charge in [0.05, 0.1) is 13.3 Å². The summed E-state index contributed by atoms with van der Waals surface area (Å²) in [5.41, 5.74) is 0. The van der Waals surface area contributed by atoms with E-state index in [4.69, 9.17) is 0 Å². The largest absolute Gasteiger partial charge is 0.339 e. The third-order valence-electron chi connectivity index (χ3n) is 2.06. The van der Waals surface area contributed by atoms with Crippen molar-refractivity contribution in [3.63, 3.8) is 0 Å². The van der Waals surface area contributed by atoms with Crippen molar-refractivity contribution in [3.05, 3.63) is 0 Å². The van der Waals surface area contributed by atoms with Crippen LogP contribution >= 0.6 is 11.8 Å². The Morgan fingerprint density at radius 3 is 2.67 bits per heavy atom. The summed E-state index contributed by atoms with van der Waals surface area (Å²) >= 11 is 1.74. The first-order valence-corrected chi connectivity index (χ1v) is 5.60. The van der Waals surface area contributed by atoms with Gasteiger partial charge in [-0.2, -0.15) is 0 Å². The predicted octanol–water partition coefficient (Wildman–Crippen LogP) is 1.28. The maximum atomic E-state index is 4.48. The Morgan fingerprint density at radius 2 is 2.17 bits per heavy atom. The van der Waals surface area contributed by atoms with Gasteiger partial charge in [0.15, 0.2) is 5.17 Å². The van der Waals surface area contributed by atoms with Crippen LogP contribution in [0, 0.1) is 0 Å². The van der Waals surface area contributed by atoms with Crippen LogP contribution in [0.15, 0.2) is 4.99 Å². The molecule has 1 aliphatic rings. The topological polar surface area (TPSA) is 18.8 Å². The van der Waals surface area contributed by atoms with Gasteiger partial charge in [-0.25, -0.2) is 4.99 Å². The molecule has 0 saturated carbocycles. The van der Waals surface area contributed by atoms with Gasteiger partial charge >= 0.3 is 0 Å². The molecule has 0 atom stereocenters. The van der Waals surface area contributed by atoms with Crippen molar-refractivity contribution in [2.45, 2.75) is 13.8 Å². The number of hydrogen-bond donors (Lipinski definition) is 0. The van der Waals surface area contributed by atoms with E-state index in [1.165, 1.54) is 5.17 Å². The highest BCUT2D eigenvalue weighted by Gasteiger charge is 2.16. The summed E-state index contributed by atoms with van der Waals surface area (Å²) in [6.45, 7) is 8.38. The van der Waals surface area contributed by atoms with Crippen molar-refractivity contribution in [3.8, 4) is 0 Å². The van der Waals surface area contributed by atoms with Crippen molar-refractivity contribution in [2.24, 2.45) is 4.99 Å². The zero-order valence-electron chi connectivity index (χ0n) is 8.08. The average Bonchev–Trinajstić information content (AvgIpc) is 2.16. The molecule has 0 spiro atoms. The van der Waals surface area contributed by atoms with Gasteiger partial charge in [0.1, 0.15) is 0 Å². The summed E-state index contributed by atoms with van der Waals surface area (Å²) < 4.78 is 0. The van der Waals surface area contributed by atoms with Gasteiger partial charge in [0, 0.05) is 6.54 Å². The average molecular weight is 187 g/mol. The summed E-state index contributed by atoms with van der Waals surface area (Å²) in [5.74, 6) is 0. The first-order chi connectivity index (χ1) is 5.81. The van der Waals surface area contributed by atoms with Crippen LogP contribution in [0.5, 0.6) is 0 Å². The lowest BCUT2D eigenvalue weighted by Gasteiger charge is -2.33. The summed E-state index contributed by atoms with van der Waals surface area (Å²) in [6.07, 6.45) is 2.09. The molecular weight excluding hydrogens is 170 g/mol. The minimum atomic E-state index is 0.864. The molecule has 0 amide bonds. The lowest BCUT2D eigenvalue weighted by Crippen LogP contribution is -2.44. The van der Waals surface area contributed by atoms with Crippen molar-refractivity contribution in [1.82, 2.24) is 9.80 Å². The molecule has 70 valence electrons. The third-order valence-corrected chi connectivity index (χ3v) is 2.81. The molecule has 1 rings (SSSR count). The molecule has 0 unspecified atom stereocenters. The van der Waals surface area contributed by atoms with Crippen LogP contribution in [0.1, 0.15) is 13.8 Å². The van der Waals surface area contributed by atoms with Crippen LogP contribution < -0.4 is 0 Å². The molecule has 3 nitrogen and oxygen atoms in total. The number of rotatable bonds is 2. The summed E-state index contributed by atoms with van der Waals surface area (Å²) in [7, 11) is 0. The molecule has 0 aromatic carbocycles. The molecule has 0 aromatic rings. The number of amidine groups is 1. The van der Waals surface area contributed by atoms with Crippen LogP contribution in [-0.2, 0) is 0 Å². The minimum absolute atomic E-state index is 0.864. The number of nitrogens with zero attached hydrogens (tertiary/aromatic N) is 3. The fraction of sp³-hybridized carbons (Fsp3) is 0.875. The highest BCUT2D eigenvalue weighted by atomic mass is 32.2. The van der Waals surface area contributed by atoms with E-state index < -0.39 is 0 Å². The van der Waals surface area contributed by atoms with E-state index in [2.05, 4.69) is 34.9 Å². The molecule has 1 heterocycles. The predicted molar refractivity (Wildman–Crippen MR) is 55.4 cm³/mol. The third kappa shape index (κ3) is 2.14. The Morgan fingerprint density at radius 1 is 1.42 bits per heavy atom. The van der Waals surface area contributed by atoms with E-state index in [0.29, 0.717) is 0 Å². The Bertz CT molecular complexity index is 170. The van der Waals surface area contributed by atoms with Gasteiger partial charge in [-0.3, -0.25) is 4.90 Å². The van der Waals surface area contributed by atoms with Crippen molar-refractivity contribution < 1.29 is 0 Å². The molecule has 0 saturated heterocycles. The molecule has 12 heavy (non-hydrogen) atoms. The van der Waals surface area contributed by atoms with Gasteiger partial charge in [-0.05, 0) is 19.7 Å². The van der Waals surface area contributed by atoms with E-state index in [-0.39, 0.29) is 0 Å².